The Kier molecular flexibility index (Phi) is 4.36. The minimum absolute atomic E-state index is 0.0445. The third kappa shape index (κ3) is 3.11. The fourth-order valence-corrected chi connectivity index (χ4v) is 2.27. The number of carbonyl (C=O) groups is 1. The molecule has 0 saturated carbocycles. The van der Waals surface area contributed by atoms with Gasteiger partial charge in [0.25, 0.3) is 0 Å². The predicted octanol–water partition coefficient (Wildman–Crippen LogP) is 3.07. The van der Waals surface area contributed by atoms with Crippen molar-refractivity contribution in [2.75, 3.05) is 12.9 Å². The molecular formula is C14H13NO2S. The van der Waals surface area contributed by atoms with Crippen LogP contribution in [0.5, 0.6) is 5.75 Å². The van der Waals surface area contributed by atoms with E-state index in [1.165, 1.54) is 11.8 Å². The molecule has 18 heavy (non-hydrogen) atoms. The minimum Gasteiger partial charge on any atom is -0.496 e. The maximum atomic E-state index is 12.1. The Morgan fingerprint density at radius 3 is 2.72 bits per heavy atom. The standard InChI is InChI=1S/C14H13NO2S/c1-17-13-7-3-2-6-11(13)12(16)10-18-14-8-4-5-9-15-14/h2-9H,10H2,1H3. The maximum absolute atomic E-state index is 12.1. The highest BCUT2D eigenvalue weighted by molar-refractivity contribution is 7.99. The molecule has 0 N–H and O–H groups in total. The molecule has 0 aliphatic carbocycles. The van der Waals surface area contributed by atoms with Gasteiger partial charge in [-0.05, 0) is 24.3 Å². The Morgan fingerprint density at radius 1 is 1.22 bits per heavy atom. The van der Waals surface area contributed by atoms with Crippen molar-refractivity contribution in [1.82, 2.24) is 4.98 Å². The summed E-state index contributed by atoms with van der Waals surface area (Å²) in [6, 6.07) is 12.9. The van der Waals surface area contributed by atoms with Gasteiger partial charge in [-0.15, -0.1) is 0 Å². The van der Waals surface area contributed by atoms with Gasteiger partial charge < -0.3 is 4.74 Å². The van der Waals surface area contributed by atoms with E-state index in [2.05, 4.69) is 4.98 Å². The summed E-state index contributed by atoms with van der Waals surface area (Å²) in [5.41, 5.74) is 0.614. The number of hydrogen-bond donors (Lipinski definition) is 0. The average molecular weight is 259 g/mol. The van der Waals surface area contributed by atoms with E-state index in [-0.39, 0.29) is 5.78 Å². The number of aromatic nitrogens is 1. The Hall–Kier alpha value is -1.81. The Morgan fingerprint density at radius 2 is 2.00 bits per heavy atom. The first kappa shape index (κ1) is 12.6. The van der Waals surface area contributed by atoms with Gasteiger partial charge in [-0.3, -0.25) is 4.79 Å². The van der Waals surface area contributed by atoms with Gasteiger partial charge in [-0.2, -0.15) is 0 Å². The van der Waals surface area contributed by atoms with Crippen LogP contribution in [0.3, 0.4) is 0 Å². The molecule has 0 bridgehead atoms. The van der Waals surface area contributed by atoms with E-state index in [1.54, 1.807) is 25.4 Å². The highest BCUT2D eigenvalue weighted by Gasteiger charge is 2.11. The number of pyridine rings is 1. The molecule has 0 aliphatic rings. The quantitative estimate of drug-likeness (QED) is 0.611. The van der Waals surface area contributed by atoms with Crippen molar-refractivity contribution in [1.29, 1.82) is 0 Å². The SMILES string of the molecule is COc1ccccc1C(=O)CSc1ccccn1. The Bertz CT molecular complexity index is 528. The normalized spacial score (nSPS) is 10.1. The highest BCUT2D eigenvalue weighted by atomic mass is 32.2. The summed E-state index contributed by atoms with van der Waals surface area (Å²) >= 11 is 1.43. The number of benzene rings is 1. The first-order chi connectivity index (χ1) is 8.81. The van der Waals surface area contributed by atoms with Crippen molar-refractivity contribution in [3.8, 4) is 5.75 Å². The number of para-hydroxylation sites is 1. The lowest BCUT2D eigenvalue weighted by Gasteiger charge is -2.06. The van der Waals surface area contributed by atoms with E-state index in [0.717, 1.165) is 5.03 Å². The molecule has 0 spiro atoms. The lowest BCUT2D eigenvalue weighted by atomic mass is 10.1. The number of ketones is 1. The average Bonchev–Trinajstić information content (AvgIpc) is 2.45. The van der Waals surface area contributed by atoms with Crippen LogP contribution in [0.25, 0.3) is 0 Å². The summed E-state index contributed by atoms with van der Waals surface area (Å²) in [6.45, 7) is 0. The zero-order valence-corrected chi connectivity index (χ0v) is 10.8. The van der Waals surface area contributed by atoms with Crippen LogP contribution in [-0.2, 0) is 0 Å². The van der Waals surface area contributed by atoms with E-state index < -0.39 is 0 Å². The minimum atomic E-state index is 0.0445. The Balaban J connectivity index is 2.04. The summed E-state index contributed by atoms with van der Waals surface area (Å²) < 4.78 is 5.17. The number of methoxy groups -OCH3 is 1. The molecule has 0 fully saturated rings. The summed E-state index contributed by atoms with van der Waals surface area (Å²) in [4.78, 5) is 16.2. The third-order valence-corrected chi connectivity index (χ3v) is 3.34. The van der Waals surface area contributed by atoms with Gasteiger partial charge in [0.05, 0.1) is 23.5 Å². The molecule has 4 heteroatoms. The molecule has 3 nitrogen and oxygen atoms in total. The van der Waals surface area contributed by atoms with Crippen LogP contribution in [-0.4, -0.2) is 23.6 Å². The zero-order chi connectivity index (χ0) is 12.8. The Labute approximate surface area is 110 Å². The van der Waals surface area contributed by atoms with Crippen molar-refractivity contribution in [3.05, 3.63) is 54.2 Å². The van der Waals surface area contributed by atoms with Crippen molar-refractivity contribution in [2.24, 2.45) is 0 Å². The van der Waals surface area contributed by atoms with Gasteiger partial charge >= 0.3 is 0 Å². The molecule has 0 radical (unpaired) electrons. The van der Waals surface area contributed by atoms with Gasteiger partial charge in [0, 0.05) is 6.20 Å². The number of ether oxygens (including phenoxy) is 1. The van der Waals surface area contributed by atoms with E-state index >= 15 is 0 Å². The molecule has 0 aliphatic heterocycles. The molecular weight excluding hydrogens is 246 g/mol. The van der Waals surface area contributed by atoms with Crippen LogP contribution in [0.4, 0.5) is 0 Å². The smallest absolute Gasteiger partial charge is 0.176 e. The lowest BCUT2D eigenvalue weighted by Crippen LogP contribution is -2.04. The molecule has 2 rings (SSSR count). The van der Waals surface area contributed by atoms with Crippen LogP contribution in [0.1, 0.15) is 10.4 Å². The van der Waals surface area contributed by atoms with Crippen LogP contribution >= 0.6 is 11.8 Å². The third-order valence-electron chi connectivity index (χ3n) is 2.40. The van der Waals surface area contributed by atoms with E-state index in [1.807, 2.05) is 30.3 Å². The van der Waals surface area contributed by atoms with Crippen molar-refractivity contribution >= 4 is 17.5 Å². The summed E-state index contributed by atoms with van der Waals surface area (Å²) in [5, 5.41) is 0.848. The van der Waals surface area contributed by atoms with E-state index in [4.69, 9.17) is 4.74 Å². The number of nitrogens with zero attached hydrogens (tertiary/aromatic N) is 1. The number of thioether (sulfide) groups is 1. The molecule has 0 saturated heterocycles. The molecule has 2 aromatic rings. The molecule has 0 unspecified atom stereocenters. The fourth-order valence-electron chi connectivity index (χ4n) is 1.52. The van der Waals surface area contributed by atoms with Crippen LogP contribution in [0.2, 0.25) is 0 Å². The number of carbonyl (C=O) groups excluding carboxylic acids is 1. The highest BCUT2D eigenvalue weighted by Crippen LogP contribution is 2.21. The topological polar surface area (TPSA) is 39.2 Å². The number of rotatable bonds is 5. The van der Waals surface area contributed by atoms with E-state index in [0.29, 0.717) is 17.1 Å². The molecule has 0 amide bonds. The van der Waals surface area contributed by atoms with Crippen LogP contribution in [0.15, 0.2) is 53.7 Å². The maximum Gasteiger partial charge on any atom is 0.176 e. The van der Waals surface area contributed by atoms with E-state index in [9.17, 15) is 4.79 Å². The van der Waals surface area contributed by atoms with Crippen LogP contribution in [0, 0.1) is 0 Å². The van der Waals surface area contributed by atoms with Gasteiger partial charge in [-0.25, -0.2) is 4.98 Å². The van der Waals surface area contributed by atoms with Crippen molar-refractivity contribution in [3.63, 3.8) is 0 Å². The summed E-state index contributed by atoms with van der Waals surface area (Å²) in [5.74, 6) is 1.02. The first-order valence-corrected chi connectivity index (χ1v) is 6.50. The van der Waals surface area contributed by atoms with Gasteiger partial charge in [0.2, 0.25) is 0 Å². The summed E-state index contributed by atoms with van der Waals surface area (Å²) in [7, 11) is 1.57. The monoisotopic (exact) mass is 259 g/mol. The van der Waals surface area contributed by atoms with Gasteiger partial charge in [0.1, 0.15) is 5.75 Å². The largest absolute Gasteiger partial charge is 0.496 e. The fraction of sp³-hybridized carbons (Fsp3) is 0.143. The zero-order valence-electron chi connectivity index (χ0n) is 10.00. The van der Waals surface area contributed by atoms with Crippen molar-refractivity contribution in [2.45, 2.75) is 5.03 Å². The second kappa shape index (κ2) is 6.21. The first-order valence-electron chi connectivity index (χ1n) is 5.51. The molecule has 0 atom stereocenters. The number of Topliss-reactive ketones (excluding diaryl/α,β-unsaturated/α-hetero) is 1. The van der Waals surface area contributed by atoms with Crippen LogP contribution < -0.4 is 4.74 Å². The molecule has 1 aromatic heterocycles. The second-order valence-corrected chi connectivity index (χ2v) is 4.58. The van der Waals surface area contributed by atoms with Crippen molar-refractivity contribution < 1.29 is 9.53 Å². The molecule has 1 heterocycles. The molecule has 1 aromatic carbocycles. The molecule has 92 valence electrons. The van der Waals surface area contributed by atoms with Gasteiger partial charge in [0.15, 0.2) is 5.78 Å². The second-order valence-electron chi connectivity index (χ2n) is 3.58. The summed E-state index contributed by atoms with van der Waals surface area (Å²) in [6.07, 6.45) is 1.72. The lowest BCUT2D eigenvalue weighted by molar-refractivity contribution is 0.101. The van der Waals surface area contributed by atoms with Gasteiger partial charge in [-0.1, -0.05) is 30.0 Å². The number of hydrogen-bond acceptors (Lipinski definition) is 4. The predicted molar refractivity (Wildman–Crippen MR) is 72.3 cm³/mol.